The van der Waals surface area contributed by atoms with Crippen LogP contribution in [0.2, 0.25) is 0 Å². The molecule has 0 radical (unpaired) electrons. The quantitative estimate of drug-likeness (QED) is 0.162. The van der Waals surface area contributed by atoms with Crippen molar-refractivity contribution in [2.75, 3.05) is 5.32 Å². The highest BCUT2D eigenvalue weighted by molar-refractivity contribution is 8.32. The molecule has 9 nitrogen and oxygen atoms in total. The molecule has 34 heavy (non-hydrogen) atoms. The maximum absolute atomic E-state index is 13.5. The van der Waals surface area contributed by atoms with E-state index in [1.807, 2.05) is 0 Å². The summed E-state index contributed by atoms with van der Waals surface area (Å²) in [5.74, 6) is 0.176. The number of primary sulfonamides is 1. The summed E-state index contributed by atoms with van der Waals surface area (Å²) in [7, 11) is -5.52. The van der Waals surface area contributed by atoms with Gasteiger partial charge in [0.25, 0.3) is 5.24 Å². The number of rotatable bonds is 4. The van der Waals surface area contributed by atoms with Crippen LogP contribution in [0.4, 0.5) is 10.6 Å². The number of sulfonamides is 1. The van der Waals surface area contributed by atoms with E-state index in [0.29, 0.717) is 33.8 Å². The number of benzene rings is 1. The number of aromatic nitrogens is 1. The van der Waals surface area contributed by atoms with Gasteiger partial charge in [0.1, 0.15) is 16.4 Å². The number of amides is 1. The molecule has 2 atom stereocenters. The van der Waals surface area contributed by atoms with Crippen molar-refractivity contribution in [1.29, 1.82) is 5.41 Å². The highest BCUT2D eigenvalue weighted by Crippen LogP contribution is 2.64. The van der Waals surface area contributed by atoms with Crippen molar-refractivity contribution in [3.8, 4) is 0 Å². The van der Waals surface area contributed by atoms with Gasteiger partial charge in [-0.3, -0.25) is 10.2 Å². The zero-order chi connectivity index (χ0) is 24.3. The molecule has 1 aliphatic heterocycles. The predicted molar refractivity (Wildman–Crippen MR) is 136 cm³/mol. The molecular formula is C22H17ClN6O3S2. The number of pyridine rings is 1. The molecule has 6 N–H and O–H groups in total. The lowest BCUT2D eigenvalue weighted by molar-refractivity contribution is 0.269. The van der Waals surface area contributed by atoms with Gasteiger partial charge in [-0.2, -0.15) is 0 Å². The van der Waals surface area contributed by atoms with E-state index in [9.17, 15) is 13.2 Å². The summed E-state index contributed by atoms with van der Waals surface area (Å²) in [5.41, 5.74) is 7.75. The lowest BCUT2D eigenvalue weighted by Crippen LogP contribution is -2.52. The normalized spacial score (nSPS) is 22.9. The predicted octanol–water partition coefficient (Wildman–Crippen LogP) is 2.79. The molecule has 2 heterocycles. The van der Waals surface area contributed by atoms with E-state index in [-0.39, 0.29) is 15.2 Å². The number of halogens is 1. The largest absolute Gasteiger partial charge is 0.384 e. The summed E-state index contributed by atoms with van der Waals surface area (Å²) in [6, 6.07) is 11.8. The molecule has 1 aromatic heterocycles. The second-order valence-corrected chi connectivity index (χ2v) is 11.6. The zero-order valence-electron chi connectivity index (χ0n) is 17.3. The lowest BCUT2D eigenvalue weighted by atomic mass is 9.70. The van der Waals surface area contributed by atoms with E-state index in [0.717, 1.165) is 0 Å². The van der Waals surface area contributed by atoms with Crippen LogP contribution in [0.3, 0.4) is 0 Å². The smallest absolute Gasteiger partial charge is 0.283 e. The number of allylic oxidation sites excluding steroid dienone is 4. The third-order valence-corrected chi connectivity index (χ3v) is 9.30. The average Bonchev–Trinajstić information content (AvgIpc) is 3.13. The molecule has 0 saturated heterocycles. The molecule has 1 amide bonds. The van der Waals surface area contributed by atoms with Gasteiger partial charge >= 0.3 is 0 Å². The monoisotopic (exact) mass is 512 g/mol. The number of nitrogens with one attached hydrogen (secondary N) is 2. The van der Waals surface area contributed by atoms with E-state index in [1.54, 1.807) is 60.7 Å². The summed E-state index contributed by atoms with van der Waals surface area (Å²) in [5, 5.41) is 15.6. The van der Waals surface area contributed by atoms with Crippen LogP contribution in [0.5, 0.6) is 0 Å². The minimum absolute atomic E-state index is 0.0174. The lowest BCUT2D eigenvalue weighted by Gasteiger charge is -2.47. The number of anilines is 1. The Morgan fingerprint density at radius 3 is 2.62 bits per heavy atom. The van der Waals surface area contributed by atoms with Crippen molar-refractivity contribution in [2.24, 2.45) is 15.9 Å². The second kappa shape index (κ2) is 7.84. The minimum atomic E-state index is -4.08. The fourth-order valence-corrected chi connectivity index (χ4v) is 8.34. The average molecular weight is 513 g/mol. The van der Waals surface area contributed by atoms with Gasteiger partial charge in [-0.15, -0.1) is 0 Å². The Hall–Kier alpha value is -3.38. The molecule has 2 bridgehead atoms. The number of carbonyl (C=O) groups excluding carboxylic acids is 1. The van der Waals surface area contributed by atoms with Crippen LogP contribution in [0, 0.1) is 5.41 Å². The number of hydrogen-bond donors (Lipinski definition) is 4. The number of carbonyl (C=O) groups is 1. The van der Waals surface area contributed by atoms with Crippen molar-refractivity contribution in [3.05, 3.63) is 94.1 Å². The van der Waals surface area contributed by atoms with Gasteiger partial charge in [-0.05, 0) is 45.4 Å². The number of nitrogens with two attached hydrogens (primary N) is 2. The van der Waals surface area contributed by atoms with Gasteiger partial charge in [0.15, 0.2) is 4.45 Å². The molecule has 0 saturated carbocycles. The molecule has 2 aromatic rings. The number of amidine groups is 1. The van der Waals surface area contributed by atoms with Crippen molar-refractivity contribution in [2.45, 2.75) is 4.75 Å². The Kier molecular flexibility index (Phi) is 5.17. The topological polar surface area (TPSA) is 164 Å². The highest BCUT2D eigenvalue weighted by atomic mass is 35.5. The van der Waals surface area contributed by atoms with Crippen LogP contribution in [-0.4, -0.2) is 39.4 Å². The standard InChI is InChI=1S/C22H17ClN6O3S2/c23-20-29-18(12-5-3-6-13(11-12)19(24)25)22(14-7-4-8-15(22)17(14)34(26,31)32)33(20)21(30)28-16-9-1-2-10-27-16/h1-11H,(H3,24,25)(H2,26,31,32)(H,27,28,30). The van der Waals surface area contributed by atoms with Crippen molar-refractivity contribution in [1.82, 2.24) is 4.98 Å². The van der Waals surface area contributed by atoms with Crippen LogP contribution in [0.15, 0.2) is 87.9 Å². The molecule has 1 aromatic carbocycles. The Bertz CT molecular complexity index is 1560. The highest BCUT2D eigenvalue weighted by Gasteiger charge is 2.63. The molecule has 2 aliphatic carbocycles. The van der Waals surface area contributed by atoms with Crippen LogP contribution < -0.4 is 16.2 Å². The molecule has 3 aliphatic rings. The van der Waals surface area contributed by atoms with Gasteiger partial charge in [0.05, 0.1) is 10.6 Å². The number of aliphatic imine (C=N–C) groups is 1. The van der Waals surface area contributed by atoms with Crippen LogP contribution in [-0.2, 0) is 10.0 Å². The third kappa shape index (κ3) is 3.20. The molecule has 2 unspecified atom stereocenters. The van der Waals surface area contributed by atoms with E-state index >= 15 is 0 Å². The summed E-state index contributed by atoms with van der Waals surface area (Å²) < 4.78 is 23.6. The zero-order valence-corrected chi connectivity index (χ0v) is 19.7. The Morgan fingerprint density at radius 2 is 2.00 bits per heavy atom. The van der Waals surface area contributed by atoms with Crippen LogP contribution >= 0.6 is 22.1 Å². The van der Waals surface area contributed by atoms with E-state index < -0.39 is 30.5 Å². The Morgan fingerprint density at radius 1 is 1.21 bits per heavy atom. The van der Waals surface area contributed by atoms with Crippen molar-refractivity contribution < 1.29 is 13.2 Å². The first-order chi connectivity index (χ1) is 16.2. The van der Waals surface area contributed by atoms with Crippen molar-refractivity contribution in [3.63, 3.8) is 0 Å². The van der Waals surface area contributed by atoms with Crippen molar-refractivity contribution >= 4 is 59.2 Å². The number of nitrogen functional groups attached to an aromatic ring is 1. The molecule has 1 spiro atoms. The van der Waals surface area contributed by atoms with Gasteiger partial charge < -0.3 is 11.1 Å². The van der Waals surface area contributed by atoms with Crippen LogP contribution in [0.1, 0.15) is 11.1 Å². The third-order valence-electron chi connectivity index (χ3n) is 5.59. The summed E-state index contributed by atoms with van der Waals surface area (Å²) in [6.07, 6.45) is 6.45. The van der Waals surface area contributed by atoms with Gasteiger partial charge in [0.2, 0.25) is 10.0 Å². The van der Waals surface area contributed by atoms with Gasteiger partial charge in [-0.25, -0.2) is 23.5 Å². The van der Waals surface area contributed by atoms with Crippen LogP contribution in [0.25, 0.3) is 0 Å². The maximum Gasteiger partial charge on any atom is 0.283 e. The first kappa shape index (κ1) is 22.4. The minimum Gasteiger partial charge on any atom is -0.384 e. The van der Waals surface area contributed by atoms with E-state index in [2.05, 4.69) is 15.3 Å². The van der Waals surface area contributed by atoms with E-state index in [4.69, 9.17) is 27.9 Å². The first-order valence-electron chi connectivity index (χ1n) is 9.85. The molecular weight excluding hydrogens is 496 g/mol. The Labute approximate surface area is 202 Å². The van der Waals surface area contributed by atoms with Gasteiger partial charge in [-0.1, -0.05) is 54.1 Å². The Balaban J connectivity index is 1.72. The molecule has 5 rings (SSSR count). The summed E-state index contributed by atoms with van der Waals surface area (Å²) in [6.45, 7) is 0. The number of nitrogens with zero attached hydrogens (tertiary/aromatic N) is 2. The molecule has 0 fully saturated rings. The van der Waals surface area contributed by atoms with Gasteiger partial charge in [0, 0.05) is 11.8 Å². The van der Waals surface area contributed by atoms with E-state index in [1.165, 1.54) is 6.20 Å². The number of hydrogen-bond acceptors (Lipinski definition) is 6. The summed E-state index contributed by atoms with van der Waals surface area (Å²) in [4.78, 5) is 22.2. The maximum atomic E-state index is 13.5. The fraction of sp³-hybridized carbons (Fsp3) is 0.0455. The second-order valence-electron chi connectivity index (χ2n) is 7.55. The molecule has 172 valence electrons. The summed E-state index contributed by atoms with van der Waals surface area (Å²) >= 11 is 6.60. The fourth-order valence-electron chi connectivity index (χ4n) is 4.30. The first-order valence-corrected chi connectivity index (χ1v) is 13.0. The SMILES string of the molecule is N=C(N)c1cccc(C2=NC(Cl)=S(C(=O)Nc3ccccn3)C23c2cccc3c2S(N)(=O)=O)c1. The molecule has 12 heteroatoms.